The molecule has 2 aromatic rings. The van der Waals surface area contributed by atoms with E-state index in [9.17, 15) is 13.2 Å². The van der Waals surface area contributed by atoms with Crippen LogP contribution < -0.4 is 0 Å². The molecule has 2 fully saturated rings. The Morgan fingerprint density at radius 2 is 1.79 bits per heavy atom. The molecule has 0 saturated carbocycles. The van der Waals surface area contributed by atoms with Crippen LogP contribution in [0.25, 0.3) is 5.52 Å². The summed E-state index contributed by atoms with van der Waals surface area (Å²) in [5, 5.41) is 4.36. The highest BCUT2D eigenvalue weighted by molar-refractivity contribution is 7.88. The highest BCUT2D eigenvalue weighted by Crippen LogP contribution is 2.30. The van der Waals surface area contributed by atoms with Gasteiger partial charge in [-0.25, -0.2) is 17.2 Å². The second-order valence-electron chi connectivity index (χ2n) is 8.26. The zero-order chi connectivity index (χ0) is 19.9. The quantitative estimate of drug-likeness (QED) is 0.787. The number of rotatable bonds is 3. The lowest BCUT2D eigenvalue weighted by molar-refractivity contribution is 0.0699. The molecule has 28 heavy (non-hydrogen) atoms. The third kappa shape index (κ3) is 3.80. The van der Waals surface area contributed by atoms with Gasteiger partial charge in [-0.3, -0.25) is 4.79 Å². The van der Waals surface area contributed by atoms with E-state index in [0.29, 0.717) is 30.5 Å². The zero-order valence-electron chi connectivity index (χ0n) is 16.5. The van der Waals surface area contributed by atoms with Crippen LogP contribution in [0.5, 0.6) is 0 Å². The second-order valence-corrected chi connectivity index (χ2v) is 10.2. The SMILES string of the molecule is CC1CCN(C(=O)c2cnn3ccc(C4CCN(S(C)(=O)=O)CC4)cc23)CC1. The highest BCUT2D eigenvalue weighted by Gasteiger charge is 2.27. The normalized spacial score (nSPS) is 20.7. The van der Waals surface area contributed by atoms with Gasteiger partial charge in [0, 0.05) is 32.4 Å². The van der Waals surface area contributed by atoms with Crippen molar-refractivity contribution in [2.75, 3.05) is 32.4 Å². The number of sulfonamides is 1. The van der Waals surface area contributed by atoms with Gasteiger partial charge in [0.1, 0.15) is 0 Å². The lowest BCUT2D eigenvalue weighted by Gasteiger charge is -2.31. The minimum Gasteiger partial charge on any atom is -0.339 e. The Morgan fingerprint density at radius 1 is 1.11 bits per heavy atom. The van der Waals surface area contributed by atoms with E-state index in [1.807, 2.05) is 17.2 Å². The van der Waals surface area contributed by atoms with Gasteiger partial charge in [-0.2, -0.15) is 5.10 Å². The van der Waals surface area contributed by atoms with Crippen LogP contribution in [0.1, 0.15) is 54.4 Å². The smallest absolute Gasteiger partial charge is 0.257 e. The number of hydrogen-bond donors (Lipinski definition) is 0. The molecular formula is C20H28N4O3S. The summed E-state index contributed by atoms with van der Waals surface area (Å²) in [5.41, 5.74) is 2.65. The van der Waals surface area contributed by atoms with Crippen LogP contribution in [0.15, 0.2) is 24.5 Å². The van der Waals surface area contributed by atoms with E-state index in [1.54, 1.807) is 15.0 Å². The number of carbonyl (C=O) groups excluding carboxylic acids is 1. The maximum atomic E-state index is 13.0. The van der Waals surface area contributed by atoms with E-state index >= 15 is 0 Å². The van der Waals surface area contributed by atoms with Gasteiger partial charge in [0.05, 0.1) is 23.5 Å². The first-order valence-electron chi connectivity index (χ1n) is 10.0. The molecule has 152 valence electrons. The molecule has 4 heterocycles. The fraction of sp³-hybridized carbons (Fsp3) is 0.600. The predicted molar refractivity (Wildman–Crippen MR) is 108 cm³/mol. The van der Waals surface area contributed by atoms with Crippen LogP contribution in [-0.2, 0) is 10.0 Å². The molecule has 2 aliphatic heterocycles. The van der Waals surface area contributed by atoms with Gasteiger partial charge in [-0.05, 0) is 55.2 Å². The third-order valence-corrected chi connectivity index (χ3v) is 7.54. The Bertz CT molecular complexity index is 968. The summed E-state index contributed by atoms with van der Waals surface area (Å²) in [6.45, 7) is 4.94. The number of amides is 1. The molecule has 2 aliphatic rings. The fourth-order valence-electron chi connectivity index (χ4n) is 4.32. The second kappa shape index (κ2) is 7.48. The van der Waals surface area contributed by atoms with Crippen LogP contribution >= 0.6 is 0 Å². The molecule has 0 unspecified atom stereocenters. The Morgan fingerprint density at radius 3 is 2.43 bits per heavy atom. The average Bonchev–Trinajstić information content (AvgIpc) is 3.10. The summed E-state index contributed by atoms with van der Waals surface area (Å²) in [6, 6.07) is 4.10. The number of carbonyl (C=O) groups is 1. The fourth-order valence-corrected chi connectivity index (χ4v) is 5.19. The van der Waals surface area contributed by atoms with Crippen LogP contribution in [0, 0.1) is 5.92 Å². The van der Waals surface area contributed by atoms with Gasteiger partial charge in [-0.15, -0.1) is 0 Å². The maximum absolute atomic E-state index is 13.0. The molecule has 0 aromatic carbocycles. The number of hydrogen-bond acceptors (Lipinski definition) is 4. The Hall–Kier alpha value is -1.93. The van der Waals surface area contributed by atoms with Gasteiger partial charge in [0.2, 0.25) is 10.0 Å². The van der Waals surface area contributed by atoms with Crippen molar-refractivity contribution in [3.8, 4) is 0 Å². The van der Waals surface area contributed by atoms with Gasteiger partial charge in [0.25, 0.3) is 5.91 Å². The van der Waals surface area contributed by atoms with E-state index in [1.165, 1.54) is 6.26 Å². The van der Waals surface area contributed by atoms with Gasteiger partial charge < -0.3 is 4.90 Å². The number of piperidine rings is 2. The summed E-state index contributed by atoms with van der Waals surface area (Å²) in [6.07, 6.45) is 8.54. The molecule has 0 N–H and O–H groups in total. The minimum absolute atomic E-state index is 0.0611. The molecule has 0 aliphatic carbocycles. The van der Waals surface area contributed by atoms with Gasteiger partial charge in [0.15, 0.2) is 0 Å². The van der Waals surface area contributed by atoms with Crippen molar-refractivity contribution in [2.24, 2.45) is 5.92 Å². The van der Waals surface area contributed by atoms with E-state index in [2.05, 4.69) is 18.1 Å². The summed E-state index contributed by atoms with van der Waals surface area (Å²) in [7, 11) is -3.12. The van der Waals surface area contributed by atoms with Crippen LogP contribution in [-0.4, -0.2) is 65.6 Å². The standard InChI is InChI=1S/C20H28N4O3S/c1-15-3-8-22(9-4-15)20(25)18-14-21-24-12-7-17(13-19(18)24)16-5-10-23(11-6-16)28(2,26)27/h7,12-16H,3-6,8-11H2,1-2H3. The highest BCUT2D eigenvalue weighted by atomic mass is 32.2. The van der Waals surface area contributed by atoms with Crippen LogP contribution in [0.3, 0.4) is 0 Å². The first kappa shape index (κ1) is 19.4. The van der Waals surface area contributed by atoms with Crippen molar-refractivity contribution in [3.63, 3.8) is 0 Å². The number of pyridine rings is 1. The molecule has 0 bridgehead atoms. The van der Waals surface area contributed by atoms with Crippen molar-refractivity contribution in [2.45, 2.75) is 38.5 Å². The summed E-state index contributed by atoms with van der Waals surface area (Å²) >= 11 is 0. The van der Waals surface area contributed by atoms with E-state index < -0.39 is 10.0 Å². The molecule has 2 saturated heterocycles. The number of aromatic nitrogens is 2. The minimum atomic E-state index is -3.12. The molecule has 0 atom stereocenters. The number of nitrogens with zero attached hydrogens (tertiary/aromatic N) is 4. The molecule has 7 nitrogen and oxygen atoms in total. The van der Waals surface area contributed by atoms with E-state index in [0.717, 1.165) is 49.9 Å². The van der Waals surface area contributed by atoms with E-state index in [4.69, 9.17) is 0 Å². The van der Waals surface area contributed by atoms with Crippen molar-refractivity contribution in [1.29, 1.82) is 0 Å². The zero-order valence-corrected chi connectivity index (χ0v) is 17.4. The lowest BCUT2D eigenvalue weighted by Crippen LogP contribution is -2.37. The molecular weight excluding hydrogens is 376 g/mol. The number of likely N-dealkylation sites (tertiary alicyclic amines) is 1. The van der Waals surface area contributed by atoms with Gasteiger partial charge in [-0.1, -0.05) is 6.92 Å². The lowest BCUT2D eigenvalue weighted by atomic mass is 9.90. The topological polar surface area (TPSA) is 75.0 Å². The predicted octanol–water partition coefficient (Wildman–Crippen LogP) is 2.35. The molecule has 1 amide bonds. The van der Waals surface area contributed by atoms with Crippen LogP contribution in [0.4, 0.5) is 0 Å². The molecule has 0 radical (unpaired) electrons. The number of fused-ring (bicyclic) bond motifs is 1. The van der Waals surface area contributed by atoms with E-state index in [-0.39, 0.29) is 5.91 Å². The summed E-state index contributed by atoms with van der Waals surface area (Å²) in [4.78, 5) is 15.0. The average molecular weight is 405 g/mol. The first-order chi connectivity index (χ1) is 13.3. The Labute approximate surface area is 166 Å². The Kier molecular flexibility index (Phi) is 5.18. The van der Waals surface area contributed by atoms with Gasteiger partial charge >= 0.3 is 0 Å². The Balaban J connectivity index is 1.54. The van der Waals surface area contributed by atoms with Crippen LogP contribution in [0.2, 0.25) is 0 Å². The molecule has 0 spiro atoms. The maximum Gasteiger partial charge on any atom is 0.257 e. The summed E-state index contributed by atoms with van der Waals surface area (Å²) in [5.74, 6) is 1.04. The molecule has 4 rings (SSSR count). The first-order valence-corrected chi connectivity index (χ1v) is 11.9. The van der Waals surface area contributed by atoms with Crippen molar-refractivity contribution < 1.29 is 13.2 Å². The summed E-state index contributed by atoms with van der Waals surface area (Å²) < 4.78 is 26.8. The molecule has 2 aromatic heterocycles. The molecule has 8 heteroatoms. The monoisotopic (exact) mass is 404 g/mol. The largest absolute Gasteiger partial charge is 0.339 e. The third-order valence-electron chi connectivity index (χ3n) is 6.24. The van der Waals surface area contributed by atoms with Crippen molar-refractivity contribution in [1.82, 2.24) is 18.8 Å². The van der Waals surface area contributed by atoms with Crippen molar-refractivity contribution >= 4 is 21.4 Å². The van der Waals surface area contributed by atoms with Crippen molar-refractivity contribution in [3.05, 3.63) is 35.7 Å².